The van der Waals surface area contributed by atoms with Crippen molar-refractivity contribution < 1.29 is 12.8 Å². The lowest BCUT2D eigenvalue weighted by Crippen LogP contribution is -2.09. The third-order valence-corrected chi connectivity index (χ3v) is 4.67. The van der Waals surface area contributed by atoms with Gasteiger partial charge >= 0.3 is 0 Å². The van der Waals surface area contributed by atoms with E-state index in [9.17, 15) is 12.8 Å². The van der Waals surface area contributed by atoms with Gasteiger partial charge < -0.3 is 5.32 Å². The second kappa shape index (κ2) is 6.03. The van der Waals surface area contributed by atoms with Crippen molar-refractivity contribution in [3.63, 3.8) is 0 Å². The molecule has 0 radical (unpaired) electrons. The molecule has 0 bridgehead atoms. The van der Waals surface area contributed by atoms with Crippen molar-refractivity contribution in [1.82, 2.24) is 0 Å². The van der Waals surface area contributed by atoms with Gasteiger partial charge in [0.15, 0.2) is 9.84 Å². The Hall–Kier alpha value is -1.59. The third-order valence-electron chi connectivity index (χ3n) is 3.14. The molecule has 112 valence electrons. The van der Waals surface area contributed by atoms with Crippen LogP contribution in [0.25, 0.3) is 0 Å². The van der Waals surface area contributed by atoms with Crippen molar-refractivity contribution in [2.75, 3.05) is 11.6 Å². The molecule has 0 aliphatic rings. The average molecular weight is 328 g/mol. The van der Waals surface area contributed by atoms with E-state index in [1.807, 2.05) is 0 Å². The molecule has 0 heterocycles. The Bertz CT molecular complexity index is 755. The SMILES string of the molecule is Cc1cccc(F)c1NCc1c(Cl)cccc1S(C)(=O)=O. The minimum atomic E-state index is -3.40. The first-order valence-corrected chi connectivity index (χ1v) is 8.54. The molecule has 2 aromatic carbocycles. The first kappa shape index (κ1) is 15.8. The number of para-hydroxylation sites is 1. The zero-order valence-electron chi connectivity index (χ0n) is 11.7. The van der Waals surface area contributed by atoms with Crippen LogP contribution < -0.4 is 5.32 Å². The average Bonchev–Trinajstić information content (AvgIpc) is 2.38. The number of hydrogen-bond donors (Lipinski definition) is 1. The van der Waals surface area contributed by atoms with E-state index in [1.54, 1.807) is 31.2 Å². The lowest BCUT2D eigenvalue weighted by atomic mass is 10.1. The summed E-state index contributed by atoms with van der Waals surface area (Å²) in [5.74, 6) is -0.386. The van der Waals surface area contributed by atoms with Crippen LogP contribution >= 0.6 is 11.6 Å². The van der Waals surface area contributed by atoms with E-state index in [2.05, 4.69) is 5.32 Å². The standard InChI is InChI=1S/C15H15ClFNO2S/c1-10-5-3-7-13(17)15(10)18-9-11-12(16)6-4-8-14(11)21(2,19)20/h3-8,18H,9H2,1-2H3. The molecule has 0 saturated carbocycles. The molecule has 2 aromatic rings. The Kier molecular flexibility index (Phi) is 4.54. The number of nitrogens with one attached hydrogen (secondary N) is 1. The molecule has 6 heteroatoms. The summed E-state index contributed by atoms with van der Waals surface area (Å²) in [6.07, 6.45) is 1.12. The summed E-state index contributed by atoms with van der Waals surface area (Å²) < 4.78 is 37.4. The molecule has 0 aliphatic carbocycles. The number of sulfone groups is 1. The molecule has 1 N–H and O–H groups in total. The van der Waals surface area contributed by atoms with Gasteiger partial charge in [-0.1, -0.05) is 29.8 Å². The summed E-state index contributed by atoms with van der Waals surface area (Å²) in [5.41, 5.74) is 1.52. The monoisotopic (exact) mass is 327 g/mol. The Balaban J connectivity index is 2.37. The van der Waals surface area contributed by atoms with Gasteiger partial charge in [-0.05, 0) is 30.7 Å². The first-order valence-electron chi connectivity index (χ1n) is 6.27. The van der Waals surface area contributed by atoms with Gasteiger partial charge in [-0.15, -0.1) is 0 Å². The van der Waals surface area contributed by atoms with Crippen molar-refractivity contribution in [1.29, 1.82) is 0 Å². The van der Waals surface area contributed by atoms with Crippen LogP contribution in [0.1, 0.15) is 11.1 Å². The number of rotatable bonds is 4. The lowest BCUT2D eigenvalue weighted by molar-refractivity contribution is 0.601. The van der Waals surface area contributed by atoms with Crippen LogP contribution in [-0.2, 0) is 16.4 Å². The minimum Gasteiger partial charge on any atom is -0.378 e. The normalized spacial score (nSPS) is 11.4. The van der Waals surface area contributed by atoms with E-state index in [1.165, 1.54) is 12.1 Å². The van der Waals surface area contributed by atoms with Crippen molar-refractivity contribution in [2.45, 2.75) is 18.4 Å². The highest BCUT2D eigenvalue weighted by molar-refractivity contribution is 7.90. The summed E-state index contributed by atoms with van der Waals surface area (Å²) in [6.45, 7) is 1.90. The second-order valence-electron chi connectivity index (χ2n) is 4.77. The number of aryl methyl sites for hydroxylation is 1. The van der Waals surface area contributed by atoms with Gasteiger partial charge in [0.2, 0.25) is 0 Å². The van der Waals surface area contributed by atoms with E-state index < -0.39 is 9.84 Å². The maximum Gasteiger partial charge on any atom is 0.175 e. The number of anilines is 1. The van der Waals surface area contributed by atoms with E-state index in [-0.39, 0.29) is 17.3 Å². The van der Waals surface area contributed by atoms with Crippen LogP contribution in [0.5, 0.6) is 0 Å². The predicted octanol–water partition coefficient (Wildman–Crippen LogP) is 3.80. The maximum absolute atomic E-state index is 13.8. The predicted molar refractivity (Wildman–Crippen MR) is 83.0 cm³/mol. The Morgan fingerprint density at radius 3 is 2.48 bits per heavy atom. The summed E-state index contributed by atoms with van der Waals surface area (Å²) in [7, 11) is -3.40. The van der Waals surface area contributed by atoms with Crippen molar-refractivity contribution >= 4 is 27.1 Å². The smallest absolute Gasteiger partial charge is 0.175 e. The van der Waals surface area contributed by atoms with Crippen LogP contribution in [0.2, 0.25) is 5.02 Å². The molecule has 0 atom stereocenters. The summed E-state index contributed by atoms with van der Waals surface area (Å²) in [6, 6.07) is 9.42. The van der Waals surface area contributed by atoms with Crippen LogP contribution in [0.3, 0.4) is 0 Å². The first-order chi connectivity index (χ1) is 9.80. The van der Waals surface area contributed by atoms with Gasteiger partial charge in [-0.25, -0.2) is 12.8 Å². The number of benzene rings is 2. The van der Waals surface area contributed by atoms with Crippen molar-refractivity contribution in [3.05, 3.63) is 58.4 Å². The second-order valence-corrected chi connectivity index (χ2v) is 7.17. The van der Waals surface area contributed by atoms with Gasteiger partial charge in [0.1, 0.15) is 5.82 Å². The largest absolute Gasteiger partial charge is 0.378 e. The Labute approximate surface area is 128 Å². The molecule has 0 unspecified atom stereocenters. The van der Waals surface area contributed by atoms with E-state index in [4.69, 9.17) is 11.6 Å². The fourth-order valence-electron chi connectivity index (χ4n) is 2.09. The van der Waals surface area contributed by atoms with Gasteiger partial charge in [-0.2, -0.15) is 0 Å². The summed E-state index contributed by atoms with van der Waals surface area (Å²) >= 11 is 6.08. The molecular weight excluding hydrogens is 313 g/mol. The molecule has 0 saturated heterocycles. The molecule has 0 amide bonds. The van der Waals surface area contributed by atoms with Gasteiger partial charge in [0.25, 0.3) is 0 Å². The molecule has 0 aliphatic heterocycles. The molecule has 0 spiro atoms. The molecule has 2 rings (SSSR count). The molecule has 3 nitrogen and oxygen atoms in total. The zero-order valence-corrected chi connectivity index (χ0v) is 13.2. The fourth-order valence-corrected chi connectivity index (χ4v) is 3.34. The summed E-state index contributed by atoms with van der Waals surface area (Å²) in [5, 5.41) is 3.26. The topological polar surface area (TPSA) is 46.2 Å². The highest BCUT2D eigenvalue weighted by Crippen LogP contribution is 2.26. The minimum absolute atomic E-state index is 0.129. The van der Waals surface area contributed by atoms with Crippen LogP contribution in [0.15, 0.2) is 41.3 Å². The van der Waals surface area contributed by atoms with Gasteiger partial charge in [0, 0.05) is 23.4 Å². The lowest BCUT2D eigenvalue weighted by Gasteiger charge is -2.14. The van der Waals surface area contributed by atoms with E-state index >= 15 is 0 Å². The fraction of sp³-hybridized carbons (Fsp3) is 0.200. The molecule has 21 heavy (non-hydrogen) atoms. The Morgan fingerprint density at radius 1 is 1.19 bits per heavy atom. The number of hydrogen-bond acceptors (Lipinski definition) is 3. The van der Waals surface area contributed by atoms with E-state index in [0.717, 1.165) is 11.8 Å². The highest BCUT2D eigenvalue weighted by atomic mass is 35.5. The quantitative estimate of drug-likeness (QED) is 0.929. The summed E-state index contributed by atoms with van der Waals surface area (Å²) in [4.78, 5) is 0.150. The maximum atomic E-state index is 13.8. The Morgan fingerprint density at radius 2 is 1.86 bits per heavy atom. The van der Waals surface area contributed by atoms with Crippen molar-refractivity contribution in [2.24, 2.45) is 0 Å². The van der Waals surface area contributed by atoms with Gasteiger partial charge in [0.05, 0.1) is 10.6 Å². The van der Waals surface area contributed by atoms with Crippen molar-refractivity contribution in [3.8, 4) is 0 Å². The van der Waals surface area contributed by atoms with E-state index in [0.29, 0.717) is 16.3 Å². The van der Waals surface area contributed by atoms with Gasteiger partial charge in [-0.3, -0.25) is 0 Å². The molecule has 0 aromatic heterocycles. The van der Waals surface area contributed by atoms with Crippen LogP contribution in [0.4, 0.5) is 10.1 Å². The highest BCUT2D eigenvalue weighted by Gasteiger charge is 2.16. The zero-order chi connectivity index (χ0) is 15.6. The molecular formula is C15H15ClFNO2S. The van der Waals surface area contributed by atoms with Crippen LogP contribution in [-0.4, -0.2) is 14.7 Å². The third kappa shape index (κ3) is 3.54. The van der Waals surface area contributed by atoms with Crippen LogP contribution in [0, 0.1) is 12.7 Å². The number of halogens is 2. The molecule has 0 fully saturated rings.